The number of aromatic nitrogens is 2. The molecule has 1 aromatic rings. The van der Waals surface area contributed by atoms with Gasteiger partial charge in [0.05, 0.1) is 12.3 Å². The third-order valence-electron chi connectivity index (χ3n) is 1.72. The van der Waals surface area contributed by atoms with Crippen molar-refractivity contribution in [3.63, 3.8) is 0 Å². The molecule has 0 amide bonds. The fraction of sp³-hybridized carbons (Fsp3) is 0.571. The summed E-state index contributed by atoms with van der Waals surface area (Å²) in [6.45, 7) is 3.68. The highest BCUT2D eigenvalue weighted by Crippen LogP contribution is 2.14. The normalized spacial score (nSPS) is 13.6. The molecule has 3 heteroatoms. The molecule has 0 spiro atoms. The summed E-state index contributed by atoms with van der Waals surface area (Å²) in [4.78, 5) is 0. The van der Waals surface area contributed by atoms with E-state index in [0.717, 1.165) is 11.3 Å². The second-order valence-corrected chi connectivity index (χ2v) is 2.48. The van der Waals surface area contributed by atoms with Crippen LogP contribution in [-0.4, -0.2) is 14.9 Å². The second-order valence-electron chi connectivity index (χ2n) is 2.48. The number of rotatable bonds is 1. The van der Waals surface area contributed by atoms with E-state index in [0.29, 0.717) is 0 Å². The molecule has 1 aromatic heterocycles. The van der Waals surface area contributed by atoms with Crippen molar-refractivity contribution < 1.29 is 5.11 Å². The zero-order valence-corrected chi connectivity index (χ0v) is 6.50. The lowest BCUT2D eigenvalue weighted by molar-refractivity contribution is 0.198. The molecule has 0 aliphatic carbocycles. The van der Waals surface area contributed by atoms with Gasteiger partial charge in [0.1, 0.15) is 0 Å². The molecule has 10 heavy (non-hydrogen) atoms. The number of nitrogens with zero attached hydrogens (tertiary/aromatic N) is 2. The molecule has 0 aliphatic heterocycles. The van der Waals surface area contributed by atoms with Crippen LogP contribution in [0.25, 0.3) is 0 Å². The standard InChI is InChI=1S/C7H12N2O/c1-5-7(6(2)10)4-8-9(5)3/h4,6,10H,1-3H3. The molecule has 56 valence electrons. The van der Waals surface area contributed by atoms with Gasteiger partial charge < -0.3 is 5.11 Å². The predicted molar refractivity (Wildman–Crippen MR) is 38.6 cm³/mol. The van der Waals surface area contributed by atoms with Crippen LogP contribution in [0.1, 0.15) is 24.3 Å². The molecule has 1 N–H and O–H groups in total. The largest absolute Gasteiger partial charge is 0.389 e. The SMILES string of the molecule is Cc1c(C(C)O)cnn1C. The van der Waals surface area contributed by atoms with Crippen molar-refractivity contribution in [3.05, 3.63) is 17.5 Å². The van der Waals surface area contributed by atoms with Crippen molar-refractivity contribution in [2.24, 2.45) is 7.05 Å². The van der Waals surface area contributed by atoms with Gasteiger partial charge in [0.25, 0.3) is 0 Å². The van der Waals surface area contributed by atoms with Crippen molar-refractivity contribution in [1.82, 2.24) is 9.78 Å². The van der Waals surface area contributed by atoms with Crippen molar-refractivity contribution in [1.29, 1.82) is 0 Å². The summed E-state index contributed by atoms with van der Waals surface area (Å²) in [7, 11) is 1.86. The van der Waals surface area contributed by atoms with E-state index in [1.54, 1.807) is 17.8 Å². The number of hydrogen-bond donors (Lipinski definition) is 1. The minimum atomic E-state index is -0.409. The summed E-state index contributed by atoms with van der Waals surface area (Å²) < 4.78 is 1.75. The van der Waals surface area contributed by atoms with E-state index in [1.165, 1.54) is 0 Å². The Morgan fingerprint density at radius 1 is 1.70 bits per heavy atom. The van der Waals surface area contributed by atoms with Gasteiger partial charge in [-0.25, -0.2) is 0 Å². The number of hydrogen-bond acceptors (Lipinski definition) is 2. The van der Waals surface area contributed by atoms with Gasteiger partial charge in [0, 0.05) is 18.3 Å². The molecule has 0 saturated carbocycles. The molecule has 1 rings (SSSR count). The first kappa shape index (κ1) is 7.28. The maximum atomic E-state index is 9.16. The first-order chi connectivity index (χ1) is 4.63. The van der Waals surface area contributed by atoms with Crippen LogP contribution < -0.4 is 0 Å². The lowest BCUT2D eigenvalue weighted by Crippen LogP contribution is -1.96. The monoisotopic (exact) mass is 140 g/mol. The third kappa shape index (κ3) is 1.04. The summed E-state index contributed by atoms with van der Waals surface area (Å²) in [6, 6.07) is 0. The maximum absolute atomic E-state index is 9.16. The Kier molecular flexibility index (Phi) is 1.76. The molecule has 0 fully saturated rings. The molecule has 1 unspecified atom stereocenters. The first-order valence-electron chi connectivity index (χ1n) is 3.29. The quantitative estimate of drug-likeness (QED) is 0.626. The van der Waals surface area contributed by atoms with Gasteiger partial charge in [0.15, 0.2) is 0 Å². The molecule has 0 aliphatic rings. The molecule has 1 heterocycles. The van der Waals surface area contributed by atoms with Gasteiger partial charge in [-0.1, -0.05) is 0 Å². The maximum Gasteiger partial charge on any atom is 0.0795 e. The van der Waals surface area contributed by atoms with Crippen molar-refractivity contribution in [3.8, 4) is 0 Å². The first-order valence-corrected chi connectivity index (χ1v) is 3.29. The van der Waals surface area contributed by atoms with Crippen LogP contribution in [-0.2, 0) is 7.05 Å². The van der Waals surface area contributed by atoms with Gasteiger partial charge in [-0.2, -0.15) is 5.10 Å². The Bertz CT molecular complexity index is 228. The minimum absolute atomic E-state index is 0.409. The Balaban J connectivity index is 3.05. The summed E-state index contributed by atoms with van der Waals surface area (Å²) >= 11 is 0. The highest BCUT2D eigenvalue weighted by Gasteiger charge is 2.07. The predicted octanol–water partition coefficient (Wildman–Crippen LogP) is 0.782. The molecule has 0 radical (unpaired) electrons. The van der Waals surface area contributed by atoms with E-state index in [4.69, 9.17) is 5.11 Å². The van der Waals surface area contributed by atoms with Crippen molar-refractivity contribution >= 4 is 0 Å². The molecule has 3 nitrogen and oxygen atoms in total. The summed E-state index contributed by atoms with van der Waals surface area (Å²) in [6.07, 6.45) is 1.29. The van der Waals surface area contributed by atoms with Gasteiger partial charge in [-0.05, 0) is 13.8 Å². The lowest BCUT2D eigenvalue weighted by atomic mass is 10.2. The molecular weight excluding hydrogens is 128 g/mol. The fourth-order valence-corrected chi connectivity index (χ4v) is 0.926. The van der Waals surface area contributed by atoms with Gasteiger partial charge >= 0.3 is 0 Å². The zero-order valence-electron chi connectivity index (χ0n) is 6.50. The van der Waals surface area contributed by atoms with Gasteiger partial charge in [0.2, 0.25) is 0 Å². The van der Waals surface area contributed by atoms with Crippen LogP contribution in [0.2, 0.25) is 0 Å². The second kappa shape index (κ2) is 2.42. The highest BCUT2D eigenvalue weighted by atomic mass is 16.3. The van der Waals surface area contributed by atoms with Gasteiger partial charge in [-0.15, -0.1) is 0 Å². The summed E-state index contributed by atoms with van der Waals surface area (Å²) in [5.74, 6) is 0. The van der Waals surface area contributed by atoms with E-state index in [1.807, 2.05) is 14.0 Å². The zero-order chi connectivity index (χ0) is 7.72. The van der Waals surface area contributed by atoms with E-state index >= 15 is 0 Å². The fourth-order valence-electron chi connectivity index (χ4n) is 0.926. The van der Waals surface area contributed by atoms with E-state index < -0.39 is 6.10 Å². The Hall–Kier alpha value is -0.830. The average molecular weight is 140 g/mol. The summed E-state index contributed by atoms with van der Waals surface area (Å²) in [5.41, 5.74) is 1.93. The van der Waals surface area contributed by atoms with Crippen LogP contribution >= 0.6 is 0 Å². The smallest absolute Gasteiger partial charge is 0.0795 e. The molecule has 0 bridgehead atoms. The van der Waals surface area contributed by atoms with Crippen molar-refractivity contribution in [2.45, 2.75) is 20.0 Å². The number of aliphatic hydroxyl groups excluding tert-OH is 1. The van der Waals surface area contributed by atoms with Gasteiger partial charge in [-0.3, -0.25) is 4.68 Å². The molecule has 1 atom stereocenters. The number of aliphatic hydroxyl groups is 1. The molecule has 0 aromatic carbocycles. The van der Waals surface area contributed by atoms with Crippen LogP contribution in [0, 0.1) is 6.92 Å². The lowest BCUT2D eigenvalue weighted by Gasteiger charge is -2.01. The van der Waals surface area contributed by atoms with Crippen LogP contribution in [0.15, 0.2) is 6.20 Å². The highest BCUT2D eigenvalue weighted by molar-refractivity contribution is 5.17. The summed E-state index contributed by atoms with van der Waals surface area (Å²) in [5, 5.41) is 13.2. The topological polar surface area (TPSA) is 38.1 Å². The Labute approximate surface area is 60.3 Å². The van der Waals surface area contributed by atoms with Crippen LogP contribution in [0.4, 0.5) is 0 Å². The molecular formula is C7H12N2O. The third-order valence-corrected chi connectivity index (χ3v) is 1.72. The van der Waals surface area contributed by atoms with Crippen LogP contribution in [0.5, 0.6) is 0 Å². The Morgan fingerprint density at radius 3 is 2.50 bits per heavy atom. The van der Waals surface area contributed by atoms with E-state index in [-0.39, 0.29) is 0 Å². The average Bonchev–Trinajstić information content (AvgIpc) is 2.14. The Morgan fingerprint density at radius 2 is 2.30 bits per heavy atom. The molecule has 0 saturated heterocycles. The van der Waals surface area contributed by atoms with E-state index in [2.05, 4.69) is 5.10 Å². The number of aryl methyl sites for hydroxylation is 1. The van der Waals surface area contributed by atoms with Crippen molar-refractivity contribution in [2.75, 3.05) is 0 Å². The minimum Gasteiger partial charge on any atom is -0.389 e. The van der Waals surface area contributed by atoms with Crippen LogP contribution in [0.3, 0.4) is 0 Å². The van der Waals surface area contributed by atoms with E-state index in [9.17, 15) is 0 Å².